The molecule has 37 heavy (non-hydrogen) atoms. The first-order valence-electron chi connectivity index (χ1n) is 12.2. The van der Waals surface area contributed by atoms with Crippen LogP contribution in [0.4, 0.5) is 8.78 Å². The summed E-state index contributed by atoms with van der Waals surface area (Å²) in [4.78, 5) is 29.6. The number of nitrogens with zero attached hydrogens (tertiary/aromatic N) is 2. The third-order valence-electron chi connectivity index (χ3n) is 6.63. The highest BCUT2D eigenvalue weighted by Crippen LogP contribution is 2.28. The lowest BCUT2D eigenvalue weighted by Gasteiger charge is -2.39. The average Bonchev–Trinajstić information content (AvgIpc) is 2.89. The monoisotopic (exact) mass is 526 g/mol. The number of ether oxygens (including phenoxy) is 1. The molecule has 1 aliphatic rings. The van der Waals surface area contributed by atoms with Crippen molar-refractivity contribution >= 4 is 23.4 Å². The van der Waals surface area contributed by atoms with Gasteiger partial charge in [0.1, 0.15) is 23.5 Å². The lowest BCUT2D eigenvalue weighted by atomic mass is 9.90. The van der Waals surface area contributed by atoms with Gasteiger partial charge in [-0.05, 0) is 42.0 Å². The molecule has 2 amide bonds. The highest BCUT2D eigenvalue weighted by molar-refractivity contribution is 6.31. The molecule has 0 spiro atoms. The first-order chi connectivity index (χ1) is 17.8. The van der Waals surface area contributed by atoms with Gasteiger partial charge in [0.15, 0.2) is 0 Å². The van der Waals surface area contributed by atoms with Crippen LogP contribution in [0.1, 0.15) is 24.0 Å². The number of rotatable bonds is 8. The van der Waals surface area contributed by atoms with Crippen molar-refractivity contribution < 1.29 is 23.1 Å². The van der Waals surface area contributed by atoms with Crippen LogP contribution >= 0.6 is 11.6 Å². The molecule has 1 saturated heterocycles. The van der Waals surface area contributed by atoms with Crippen LogP contribution in [0.5, 0.6) is 5.75 Å². The highest BCUT2D eigenvalue weighted by atomic mass is 35.5. The van der Waals surface area contributed by atoms with Gasteiger partial charge in [0.2, 0.25) is 11.8 Å². The first-order valence-corrected chi connectivity index (χ1v) is 12.6. The second kappa shape index (κ2) is 12.2. The van der Waals surface area contributed by atoms with Gasteiger partial charge in [0.25, 0.3) is 0 Å². The summed E-state index contributed by atoms with van der Waals surface area (Å²) < 4.78 is 33.8. The summed E-state index contributed by atoms with van der Waals surface area (Å²) in [7, 11) is 1.75. The van der Waals surface area contributed by atoms with Crippen LogP contribution in [0.2, 0.25) is 5.02 Å². The number of carbonyl (C=O) groups excluding carboxylic acids is 2. The molecule has 1 aliphatic heterocycles. The highest BCUT2D eigenvalue weighted by Gasteiger charge is 2.35. The summed E-state index contributed by atoms with van der Waals surface area (Å²) in [5, 5.41) is 0.206. The predicted molar refractivity (Wildman–Crippen MR) is 138 cm³/mol. The zero-order chi connectivity index (χ0) is 26.4. The van der Waals surface area contributed by atoms with Gasteiger partial charge in [-0.15, -0.1) is 0 Å². The Morgan fingerprint density at radius 1 is 1.03 bits per heavy atom. The summed E-state index contributed by atoms with van der Waals surface area (Å²) in [6, 6.07) is 19.8. The molecular weight excluding hydrogens is 498 g/mol. The smallest absolute Gasteiger partial charge is 0.227 e. The van der Waals surface area contributed by atoms with Crippen LogP contribution < -0.4 is 4.74 Å². The van der Waals surface area contributed by atoms with Gasteiger partial charge in [-0.1, -0.05) is 48.0 Å². The van der Waals surface area contributed by atoms with E-state index < -0.39 is 5.82 Å². The van der Waals surface area contributed by atoms with Gasteiger partial charge in [-0.25, -0.2) is 8.78 Å². The van der Waals surface area contributed by atoms with Gasteiger partial charge in [-0.3, -0.25) is 9.59 Å². The second-order valence-corrected chi connectivity index (χ2v) is 9.72. The molecule has 0 aliphatic carbocycles. The lowest BCUT2D eigenvalue weighted by Crippen LogP contribution is -2.49. The maximum absolute atomic E-state index is 14.3. The third-order valence-corrected chi connectivity index (χ3v) is 6.99. The van der Waals surface area contributed by atoms with E-state index in [0.717, 1.165) is 5.56 Å². The third kappa shape index (κ3) is 7.07. The van der Waals surface area contributed by atoms with Crippen molar-refractivity contribution in [3.8, 4) is 5.75 Å². The van der Waals surface area contributed by atoms with Crippen molar-refractivity contribution in [2.24, 2.45) is 5.92 Å². The molecule has 0 unspecified atom stereocenters. The first kappa shape index (κ1) is 26.6. The van der Waals surface area contributed by atoms with Gasteiger partial charge in [0.05, 0.1) is 6.42 Å². The van der Waals surface area contributed by atoms with Crippen LogP contribution in [0.15, 0.2) is 72.8 Å². The molecule has 8 heteroatoms. The van der Waals surface area contributed by atoms with E-state index in [1.807, 2.05) is 30.3 Å². The van der Waals surface area contributed by atoms with Crippen LogP contribution in [-0.4, -0.2) is 47.9 Å². The number of benzene rings is 3. The minimum atomic E-state index is -0.523. The van der Waals surface area contributed by atoms with Gasteiger partial charge < -0.3 is 14.5 Å². The Morgan fingerprint density at radius 3 is 2.46 bits per heavy atom. The Kier molecular flexibility index (Phi) is 8.77. The standard InChI is InChI=1S/C29H29ClF2N2O3/c1-33(18-20-6-3-2-4-7-20)28(35)16-21-19-34(29(36)17-24-25(30)8-5-9-26(24)32)15-14-27(21)37-23-12-10-22(31)11-13-23/h2-13,21,27H,14-19H2,1H3/t21-,27-/m0/s1. The van der Waals surface area contributed by atoms with E-state index in [2.05, 4.69) is 0 Å². The molecule has 3 aromatic rings. The summed E-state index contributed by atoms with van der Waals surface area (Å²) >= 11 is 6.13. The molecule has 0 N–H and O–H groups in total. The van der Waals surface area contributed by atoms with Crippen molar-refractivity contribution in [3.63, 3.8) is 0 Å². The molecule has 0 radical (unpaired) electrons. The largest absolute Gasteiger partial charge is 0.490 e. The average molecular weight is 527 g/mol. The fourth-order valence-corrected chi connectivity index (χ4v) is 4.80. The molecule has 194 valence electrons. The van der Waals surface area contributed by atoms with Crippen LogP contribution in [-0.2, 0) is 22.6 Å². The molecule has 0 bridgehead atoms. The van der Waals surface area contributed by atoms with Crippen LogP contribution in [0.25, 0.3) is 0 Å². The Bertz CT molecular complexity index is 1200. The molecule has 4 rings (SSSR count). The maximum atomic E-state index is 14.3. The Balaban J connectivity index is 1.47. The number of hydrogen-bond donors (Lipinski definition) is 0. The lowest BCUT2D eigenvalue weighted by molar-refractivity contribution is -0.138. The number of piperidine rings is 1. The topological polar surface area (TPSA) is 49.9 Å². The molecule has 1 fully saturated rings. The Labute approximate surface area is 220 Å². The molecular formula is C29H29ClF2N2O3. The van der Waals surface area contributed by atoms with E-state index in [4.69, 9.17) is 16.3 Å². The molecule has 5 nitrogen and oxygen atoms in total. The summed E-state index contributed by atoms with van der Waals surface area (Å²) in [6.45, 7) is 1.13. The van der Waals surface area contributed by atoms with E-state index in [-0.39, 0.29) is 59.6 Å². The predicted octanol–water partition coefficient (Wildman–Crippen LogP) is 5.51. The normalized spacial score (nSPS) is 17.4. The molecule has 1 heterocycles. The van der Waals surface area contributed by atoms with Gasteiger partial charge >= 0.3 is 0 Å². The van der Waals surface area contributed by atoms with Crippen molar-refractivity contribution in [2.75, 3.05) is 20.1 Å². The Morgan fingerprint density at radius 2 is 1.76 bits per heavy atom. The SMILES string of the molecule is CN(Cc1ccccc1)C(=O)C[C@H]1CN(C(=O)Cc2c(F)cccc2Cl)CC[C@@H]1Oc1ccc(F)cc1. The van der Waals surface area contributed by atoms with Crippen molar-refractivity contribution in [3.05, 3.63) is 101 Å². The molecule has 3 aromatic carbocycles. The van der Waals surface area contributed by atoms with E-state index in [1.165, 1.54) is 24.3 Å². The summed E-state index contributed by atoms with van der Waals surface area (Å²) in [5.41, 5.74) is 1.17. The number of halogens is 3. The molecule has 2 atom stereocenters. The van der Waals surface area contributed by atoms with E-state index in [1.54, 1.807) is 35.0 Å². The van der Waals surface area contributed by atoms with E-state index in [0.29, 0.717) is 25.3 Å². The van der Waals surface area contributed by atoms with Crippen LogP contribution in [0, 0.1) is 17.6 Å². The number of likely N-dealkylation sites (tertiary alicyclic amines) is 1. The van der Waals surface area contributed by atoms with Gasteiger partial charge in [-0.2, -0.15) is 0 Å². The summed E-state index contributed by atoms with van der Waals surface area (Å²) in [6.07, 6.45) is 0.137. The van der Waals surface area contributed by atoms with Gasteiger partial charge in [0, 0.05) is 56.0 Å². The number of hydrogen-bond acceptors (Lipinski definition) is 3. The zero-order valence-corrected chi connectivity index (χ0v) is 21.3. The quantitative estimate of drug-likeness (QED) is 0.389. The minimum absolute atomic E-state index is 0.0759. The summed E-state index contributed by atoms with van der Waals surface area (Å²) in [5.74, 6) is -1.03. The minimum Gasteiger partial charge on any atom is -0.490 e. The second-order valence-electron chi connectivity index (χ2n) is 9.32. The number of carbonyl (C=O) groups is 2. The van der Waals surface area contributed by atoms with Crippen molar-refractivity contribution in [2.45, 2.75) is 31.9 Å². The van der Waals surface area contributed by atoms with Crippen molar-refractivity contribution in [1.82, 2.24) is 9.80 Å². The fourth-order valence-electron chi connectivity index (χ4n) is 4.57. The fraction of sp³-hybridized carbons (Fsp3) is 0.310. The maximum Gasteiger partial charge on any atom is 0.227 e. The van der Waals surface area contributed by atoms with Crippen molar-refractivity contribution in [1.29, 1.82) is 0 Å². The number of amides is 2. The molecule has 0 aromatic heterocycles. The van der Waals surface area contributed by atoms with E-state index >= 15 is 0 Å². The Hall–Kier alpha value is -3.45. The van der Waals surface area contributed by atoms with E-state index in [9.17, 15) is 18.4 Å². The zero-order valence-electron chi connectivity index (χ0n) is 20.6. The molecule has 0 saturated carbocycles. The van der Waals surface area contributed by atoms with Crippen LogP contribution in [0.3, 0.4) is 0 Å².